The molecule has 0 fully saturated rings. The molecule has 26 heavy (non-hydrogen) atoms. The van der Waals surface area contributed by atoms with Crippen molar-refractivity contribution in [2.75, 3.05) is 5.32 Å². The van der Waals surface area contributed by atoms with Gasteiger partial charge in [0.05, 0.1) is 9.80 Å². The Balaban J connectivity index is 1.58. The average molecular weight is 368 g/mol. The number of anilines is 1. The zero-order chi connectivity index (χ0) is 18.5. The molecule has 2 aromatic carbocycles. The molecule has 3 aromatic rings. The van der Waals surface area contributed by atoms with Crippen LogP contribution < -0.4 is 10.1 Å². The molecule has 1 N–H and O–H groups in total. The number of ether oxygens (including phenoxy) is 1. The summed E-state index contributed by atoms with van der Waals surface area (Å²) in [6.07, 6.45) is 0. The zero-order valence-electron chi connectivity index (χ0n) is 14.0. The molecular formula is C19H16N2O4S. The molecule has 6 nitrogen and oxygen atoms in total. The number of rotatable bonds is 6. The van der Waals surface area contributed by atoms with E-state index >= 15 is 0 Å². The highest BCUT2D eigenvalue weighted by molar-refractivity contribution is 7.12. The third-order valence-corrected chi connectivity index (χ3v) is 4.58. The molecule has 0 bridgehead atoms. The second-order valence-corrected chi connectivity index (χ2v) is 6.59. The fourth-order valence-electron chi connectivity index (χ4n) is 2.32. The van der Waals surface area contributed by atoms with Gasteiger partial charge in [-0.15, -0.1) is 11.3 Å². The van der Waals surface area contributed by atoms with Crippen molar-refractivity contribution in [2.24, 2.45) is 0 Å². The topological polar surface area (TPSA) is 81.5 Å². The Labute approximate surface area is 154 Å². The van der Waals surface area contributed by atoms with Crippen molar-refractivity contribution in [3.63, 3.8) is 0 Å². The average Bonchev–Trinajstić information content (AvgIpc) is 3.09. The van der Waals surface area contributed by atoms with Crippen molar-refractivity contribution in [3.05, 3.63) is 86.1 Å². The molecule has 7 heteroatoms. The van der Waals surface area contributed by atoms with Crippen LogP contribution >= 0.6 is 11.3 Å². The Morgan fingerprint density at radius 2 is 1.96 bits per heavy atom. The number of nitrogens with zero attached hydrogens (tertiary/aromatic N) is 1. The maximum absolute atomic E-state index is 12.3. The second-order valence-electron chi connectivity index (χ2n) is 5.68. The molecular weight excluding hydrogens is 352 g/mol. The zero-order valence-corrected chi connectivity index (χ0v) is 14.8. The number of thiophene rings is 1. The molecule has 0 saturated heterocycles. The van der Waals surface area contributed by atoms with E-state index in [1.54, 1.807) is 18.2 Å². The largest absolute Gasteiger partial charge is 0.489 e. The van der Waals surface area contributed by atoms with Crippen LogP contribution in [0.3, 0.4) is 0 Å². The van der Waals surface area contributed by atoms with Crippen LogP contribution in [0.25, 0.3) is 0 Å². The standard InChI is InChI=1S/C19H16N2O4S/c1-13-3-2-4-15(9-13)20-19(22)18-10-14(12-26-18)11-25-17-7-5-16(6-8-17)21(23)24/h2-10,12H,11H2,1H3,(H,20,22). The normalized spacial score (nSPS) is 10.3. The smallest absolute Gasteiger partial charge is 0.269 e. The van der Waals surface area contributed by atoms with Crippen LogP contribution in [0.5, 0.6) is 5.75 Å². The molecule has 0 aliphatic heterocycles. The molecule has 1 aromatic heterocycles. The summed E-state index contributed by atoms with van der Waals surface area (Å²) in [5.74, 6) is 0.370. The van der Waals surface area contributed by atoms with Crippen molar-refractivity contribution in [2.45, 2.75) is 13.5 Å². The van der Waals surface area contributed by atoms with E-state index in [4.69, 9.17) is 4.74 Å². The van der Waals surface area contributed by atoms with E-state index < -0.39 is 4.92 Å². The number of hydrogen-bond acceptors (Lipinski definition) is 5. The van der Waals surface area contributed by atoms with Crippen LogP contribution in [0.1, 0.15) is 20.8 Å². The fraction of sp³-hybridized carbons (Fsp3) is 0.105. The van der Waals surface area contributed by atoms with Gasteiger partial charge in [0.2, 0.25) is 0 Å². The van der Waals surface area contributed by atoms with Gasteiger partial charge in [0.15, 0.2) is 0 Å². The van der Waals surface area contributed by atoms with Crippen LogP contribution in [-0.4, -0.2) is 10.8 Å². The van der Waals surface area contributed by atoms with E-state index in [0.29, 0.717) is 10.6 Å². The number of benzene rings is 2. The second kappa shape index (κ2) is 7.79. The van der Waals surface area contributed by atoms with E-state index in [1.165, 1.54) is 23.5 Å². The molecule has 0 saturated carbocycles. The molecule has 0 unspecified atom stereocenters. The number of amides is 1. The summed E-state index contributed by atoms with van der Waals surface area (Å²) in [7, 11) is 0. The van der Waals surface area contributed by atoms with Gasteiger partial charge in [-0.25, -0.2) is 0 Å². The monoisotopic (exact) mass is 368 g/mol. The van der Waals surface area contributed by atoms with Gasteiger partial charge in [-0.2, -0.15) is 0 Å². The van der Waals surface area contributed by atoms with E-state index in [9.17, 15) is 14.9 Å². The highest BCUT2D eigenvalue weighted by atomic mass is 32.1. The lowest BCUT2D eigenvalue weighted by Gasteiger charge is -2.05. The van der Waals surface area contributed by atoms with E-state index in [-0.39, 0.29) is 18.2 Å². The van der Waals surface area contributed by atoms with Crippen LogP contribution in [0, 0.1) is 17.0 Å². The van der Waals surface area contributed by atoms with Crippen LogP contribution in [0.2, 0.25) is 0 Å². The summed E-state index contributed by atoms with van der Waals surface area (Å²) >= 11 is 1.34. The molecule has 3 rings (SSSR count). The summed E-state index contributed by atoms with van der Waals surface area (Å²) in [6, 6.07) is 15.3. The maximum Gasteiger partial charge on any atom is 0.269 e. The summed E-state index contributed by atoms with van der Waals surface area (Å²) in [5.41, 5.74) is 2.71. The molecule has 0 atom stereocenters. The predicted octanol–water partition coefficient (Wildman–Crippen LogP) is 4.80. The molecule has 0 spiro atoms. The minimum atomic E-state index is -0.457. The number of nitro groups is 1. The number of nitro benzene ring substituents is 1. The first kappa shape index (κ1) is 17.6. The van der Waals surface area contributed by atoms with Crippen LogP contribution in [0.4, 0.5) is 11.4 Å². The maximum atomic E-state index is 12.3. The molecule has 0 radical (unpaired) electrons. The summed E-state index contributed by atoms with van der Waals surface area (Å²) < 4.78 is 5.61. The predicted molar refractivity (Wildman–Crippen MR) is 101 cm³/mol. The lowest BCUT2D eigenvalue weighted by molar-refractivity contribution is -0.384. The van der Waals surface area contributed by atoms with Crippen molar-refractivity contribution in [1.82, 2.24) is 0 Å². The van der Waals surface area contributed by atoms with Crippen molar-refractivity contribution < 1.29 is 14.5 Å². The van der Waals surface area contributed by atoms with E-state index in [2.05, 4.69) is 5.32 Å². The Morgan fingerprint density at radius 1 is 1.19 bits per heavy atom. The van der Waals surface area contributed by atoms with Gasteiger partial charge in [-0.1, -0.05) is 12.1 Å². The first-order chi connectivity index (χ1) is 12.5. The van der Waals surface area contributed by atoms with Gasteiger partial charge in [0.25, 0.3) is 11.6 Å². The number of non-ortho nitro benzene ring substituents is 1. The Morgan fingerprint density at radius 3 is 2.65 bits per heavy atom. The third-order valence-electron chi connectivity index (χ3n) is 3.61. The molecule has 0 aliphatic carbocycles. The Kier molecular flexibility index (Phi) is 5.28. The van der Waals surface area contributed by atoms with Crippen molar-refractivity contribution >= 4 is 28.6 Å². The van der Waals surface area contributed by atoms with Gasteiger partial charge in [-0.05, 0) is 48.2 Å². The Bertz CT molecular complexity index is 935. The first-order valence-corrected chi connectivity index (χ1v) is 8.72. The van der Waals surface area contributed by atoms with Crippen molar-refractivity contribution in [1.29, 1.82) is 0 Å². The number of aryl methyl sites for hydroxylation is 1. The lowest BCUT2D eigenvalue weighted by atomic mass is 10.2. The molecule has 1 amide bonds. The number of nitrogens with one attached hydrogen (secondary N) is 1. The summed E-state index contributed by atoms with van der Waals surface area (Å²) in [5, 5.41) is 15.4. The lowest BCUT2D eigenvalue weighted by Crippen LogP contribution is -2.10. The summed E-state index contributed by atoms with van der Waals surface area (Å²) in [4.78, 5) is 23.1. The van der Waals surface area contributed by atoms with Crippen molar-refractivity contribution in [3.8, 4) is 5.75 Å². The third kappa shape index (κ3) is 4.46. The highest BCUT2D eigenvalue weighted by Crippen LogP contribution is 2.21. The first-order valence-electron chi connectivity index (χ1n) is 7.84. The quantitative estimate of drug-likeness (QED) is 0.501. The van der Waals surface area contributed by atoms with Gasteiger partial charge in [-0.3, -0.25) is 14.9 Å². The SMILES string of the molecule is Cc1cccc(NC(=O)c2cc(COc3ccc([N+](=O)[O-])cc3)cs2)c1. The minimum absolute atomic E-state index is 0.0167. The number of carbonyl (C=O) groups is 1. The van der Waals surface area contributed by atoms with Gasteiger partial charge in [0, 0.05) is 23.4 Å². The van der Waals surface area contributed by atoms with E-state index in [0.717, 1.165) is 16.8 Å². The minimum Gasteiger partial charge on any atom is -0.489 e. The number of hydrogen-bond donors (Lipinski definition) is 1. The van der Waals surface area contributed by atoms with E-state index in [1.807, 2.05) is 36.6 Å². The molecule has 0 aliphatic rings. The van der Waals surface area contributed by atoms with Gasteiger partial charge < -0.3 is 10.1 Å². The molecule has 1 heterocycles. The summed E-state index contributed by atoms with van der Waals surface area (Å²) in [6.45, 7) is 2.25. The van der Waals surface area contributed by atoms with Crippen LogP contribution in [0.15, 0.2) is 60.0 Å². The van der Waals surface area contributed by atoms with Gasteiger partial charge in [0.1, 0.15) is 12.4 Å². The number of carbonyl (C=O) groups excluding carboxylic acids is 1. The fourth-order valence-corrected chi connectivity index (χ4v) is 3.11. The van der Waals surface area contributed by atoms with Crippen LogP contribution in [-0.2, 0) is 6.61 Å². The Hall–Kier alpha value is -3.19. The molecule has 132 valence electrons. The van der Waals surface area contributed by atoms with Gasteiger partial charge >= 0.3 is 0 Å². The highest BCUT2D eigenvalue weighted by Gasteiger charge is 2.10.